The molecule has 0 fully saturated rings. The number of thiophene rings is 1. The van der Waals surface area contributed by atoms with E-state index in [4.69, 9.17) is 18.9 Å². The number of ether oxygens (including phenoxy) is 4. The fraction of sp³-hybridized carbons (Fsp3) is 0.259. The zero-order valence-corrected chi connectivity index (χ0v) is 23.6. The molecular weight excluding hydrogens is 540 g/mol. The van der Waals surface area contributed by atoms with Crippen LogP contribution in [0, 0.1) is 0 Å². The highest BCUT2D eigenvalue weighted by Gasteiger charge is 2.23. The number of carbonyl (C=O) groups excluding carboxylic acids is 2. The Hall–Kier alpha value is -4.03. The van der Waals surface area contributed by atoms with E-state index in [1.165, 1.54) is 30.2 Å². The highest BCUT2D eigenvalue weighted by Crippen LogP contribution is 2.37. The van der Waals surface area contributed by atoms with Gasteiger partial charge in [-0.3, -0.25) is 4.79 Å². The van der Waals surface area contributed by atoms with Crippen molar-refractivity contribution in [2.75, 3.05) is 32.4 Å². The quantitative estimate of drug-likeness (QED) is 0.183. The number of aromatic nitrogens is 3. The summed E-state index contributed by atoms with van der Waals surface area (Å²) in [6.45, 7) is 2.81. The van der Waals surface area contributed by atoms with Crippen molar-refractivity contribution >= 4 is 40.0 Å². The standard InChI is InChI=1S/C27H28N4O6S2/c1-5-31-22(14-37-20-12-10-19(35-3)11-13-20)29-30-27(31)39-16-23(32)28-25-24(26(33)36-4)21(15-38-25)17-6-8-18(34-2)9-7-17/h6-13,15H,5,14,16H2,1-4H3,(H,28,32). The number of esters is 1. The molecular formula is C27H28N4O6S2. The molecule has 0 bridgehead atoms. The molecule has 4 rings (SSSR count). The van der Waals surface area contributed by atoms with E-state index in [-0.39, 0.29) is 18.3 Å². The van der Waals surface area contributed by atoms with Gasteiger partial charge in [0.15, 0.2) is 11.0 Å². The van der Waals surface area contributed by atoms with Crippen LogP contribution < -0.4 is 19.5 Å². The van der Waals surface area contributed by atoms with Crippen molar-refractivity contribution in [1.82, 2.24) is 14.8 Å². The molecule has 4 aromatic rings. The Labute approximate surface area is 234 Å². The molecule has 39 heavy (non-hydrogen) atoms. The van der Waals surface area contributed by atoms with Crippen LogP contribution in [-0.2, 0) is 22.7 Å². The fourth-order valence-electron chi connectivity index (χ4n) is 3.70. The lowest BCUT2D eigenvalue weighted by Gasteiger charge is -2.10. The maximum Gasteiger partial charge on any atom is 0.341 e. The summed E-state index contributed by atoms with van der Waals surface area (Å²) in [5.74, 6) is 2.04. The van der Waals surface area contributed by atoms with Crippen molar-refractivity contribution in [3.63, 3.8) is 0 Å². The molecule has 1 N–H and O–H groups in total. The van der Waals surface area contributed by atoms with E-state index in [0.29, 0.717) is 45.2 Å². The van der Waals surface area contributed by atoms with Gasteiger partial charge in [-0.05, 0) is 48.9 Å². The van der Waals surface area contributed by atoms with Crippen molar-refractivity contribution in [1.29, 1.82) is 0 Å². The third-order valence-electron chi connectivity index (χ3n) is 5.70. The molecule has 10 nitrogen and oxygen atoms in total. The molecule has 2 aromatic heterocycles. The molecule has 0 atom stereocenters. The zero-order chi connectivity index (χ0) is 27.8. The Morgan fingerprint density at radius 1 is 0.949 bits per heavy atom. The maximum atomic E-state index is 12.9. The summed E-state index contributed by atoms with van der Waals surface area (Å²) >= 11 is 2.52. The molecule has 0 radical (unpaired) electrons. The fourth-order valence-corrected chi connectivity index (χ4v) is 5.50. The first-order valence-electron chi connectivity index (χ1n) is 11.9. The number of thioether (sulfide) groups is 1. The number of methoxy groups -OCH3 is 3. The van der Waals surface area contributed by atoms with E-state index in [1.807, 2.05) is 65.4 Å². The van der Waals surface area contributed by atoms with Crippen LogP contribution in [0.5, 0.6) is 17.2 Å². The third kappa shape index (κ3) is 6.70. The van der Waals surface area contributed by atoms with Crippen molar-refractivity contribution in [2.45, 2.75) is 25.2 Å². The second-order valence-electron chi connectivity index (χ2n) is 8.02. The normalized spacial score (nSPS) is 10.7. The molecule has 0 aliphatic carbocycles. The molecule has 0 unspecified atom stereocenters. The van der Waals surface area contributed by atoms with Crippen LogP contribution in [0.4, 0.5) is 5.00 Å². The number of anilines is 1. The predicted molar refractivity (Wildman–Crippen MR) is 150 cm³/mol. The van der Waals surface area contributed by atoms with Crippen LogP contribution >= 0.6 is 23.1 Å². The highest BCUT2D eigenvalue weighted by atomic mass is 32.2. The van der Waals surface area contributed by atoms with E-state index in [1.54, 1.807) is 14.2 Å². The van der Waals surface area contributed by atoms with E-state index in [9.17, 15) is 9.59 Å². The number of carbonyl (C=O) groups is 2. The predicted octanol–water partition coefficient (Wildman–Crippen LogP) is 5.14. The highest BCUT2D eigenvalue weighted by molar-refractivity contribution is 7.99. The monoisotopic (exact) mass is 568 g/mol. The minimum atomic E-state index is -0.530. The molecule has 0 saturated carbocycles. The molecule has 0 aliphatic heterocycles. The largest absolute Gasteiger partial charge is 0.497 e. The molecule has 0 saturated heterocycles. The number of hydrogen-bond acceptors (Lipinski definition) is 10. The number of nitrogens with one attached hydrogen (secondary N) is 1. The number of benzene rings is 2. The van der Waals surface area contributed by atoms with Gasteiger partial charge in [0.2, 0.25) is 5.91 Å². The molecule has 204 valence electrons. The Morgan fingerprint density at radius 2 is 1.59 bits per heavy atom. The molecule has 2 heterocycles. The Balaban J connectivity index is 1.41. The summed E-state index contributed by atoms with van der Waals surface area (Å²) in [5, 5.41) is 14.2. The number of rotatable bonds is 12. The van der Waals surface area contributed by atoms with Gasteiger partial charge in [0.05, 0.1) is 27.1 Å². The van der Waals surface area contributed by atoms with Gasteiger partial charge in [0.1, 0.15) is 34.4 Å². The van der Waals surface area contributed by atoms with Gasteiger partial charge in [-0.2, -0.15) is 0 Å². The first-order chi connectivity index (χ1) is 19.0. The average Bonchev–Trinajstić information content (AvgIpc) is 3.58. The van der Waals surface area contributed by atoms with Gasteiger partial charge in [0, 0.05) is 17.5 Å². The summed E-state index contributed by atoms with van der Waals surface area (Å²) in [6, 6.07) is 14.6. The topological polar surface area (TPSA) is 114 Å². The smallest absolute Gasteiger partial charge is 0.341 e. The third-order valence-corrected chi connectivity index (χ3v) is 7.57. The van der Waals surface area contributed by atoms with Crippen LogP contribution in [0.2, 0.25) is 0 Å². The van der Waals surface area contributed by atoms with Crippen LogP contribution in [0.1, 0.15) is 23.1 Å². The summed E-state index contributed by atoms with van der Waals surface area (Å²) in [4.78, 5) is 25.5. The van der Waals surface area contributed by atoms with Gasteiger partial charge in [-0.25, -0.2) is 4.79 Å². The summed E-state index contributed by atoms with van der Waals surface area (Å²) in [7, 11) is 4.51. The second-order valence-corrected chi connectivity index (χ2v) is 9.84. The van der Waals surface area contributed by atoms with Crippen molar-refractivity contribution in [2.24, 2.45) is 0 Å². The minimum Gasteiger partial charge on any atom is -0.497 e. The lowest BCUT2D eigenvalue weighted by molar-refractivity contribution is -0.113. The molecule has 2 aromatic carbocycles. The van der Waals surface area contributed by atoms with Crippen molar-refractivity contribution < 1.29 is 28.5 Å². The first-order valence-corrected chi connectivity index (χ1v) is 13.8. The van der Waals surface area contributed by atoms with Gasteiger partial charge >= 0.3 is 5.97 Å². The summed E-state index contributed by atoms with van der Waals surface area (Å²) < 4.78 is 23.1. The molecule has 1 amide bonds. The lowest BCUT2D eigenvalue weighted by atomic mass is 10.0. The van der Waals surface area contributed by atoms with Gasteiger partial charge < -0.3 is 28.8 Å². The SMILES string of the molecule is CCn1c(COc2ccc(OC)cc2)nnc1SCC(=O)Nc1scc(-c2ccc(OC)cc2)c1C(=O)OC. The van der Waals surface area contributed by atoms with E-state index < -0.39 is 5.97 Å². The average molecular weight is 569 g/mol. The Bertz CT molecular complexity index is 1420. The second kappa shape index (κ2) is 13.2. The van der Waals surface area contributed by atoms with E-state index >= 15 is 0 Å². The molecule has 12 heteroatoms. The van der Waals surface area contributed by atoms with Crippen molar-refractivity contribution in [3.8, 4) is 28.4 Å². The van der Waals surface area contributed by atoms with E-state index in [0.717, 1.165) is 11.3 Å². The van der Waals surface area contributed by atoms with Gasteiger partial charge in [-0.1, -0.05) is 23.9 Å². The van der Waals surface area contributed by atoms with Crippen molar-refractivity contribution in [3.05, 3.63) is 65.3 Å². The van der Waals surface area contributed by atoms with Crippen LogP contribution in [0.3, 0.4) is 0 Å². The van der Waals surface area contributed by atoms with Gasteiger partial charge in [-0.15, -0.1) is 21.5 Å². The number of amides is 1. The van der Waals surface area contributed by atoms with Crippen LogP contribution in [0.15, 0.2) is 59.1 Å². The summed E-state index contributed by atoms with van der Waals surface area (Å²) in [5.41, 5.74) is 1.79. The minimum absolute atomic E-state index is 0.0772. The van der Waals surface area contributed by atoms with Crippen LogP contribution in [0.25, 0.3) is 11.1 Å². The van der Waals surface area contributed by atoms with Gasteiger partial charge in [0.25, 0.3) is 0 Å². The van der Waals surface area contributed by atoms with Crippen LogP contribution in [-0.4, -0.2) is 53.7 Å². The lowest BCUT2D eigenvalue weighted by Crippen LogP contribution is -2.16. The maximum absolute atomic E-state index is 12.9. The molecule has 0 spiro atoms. The number of nitrogens with zero attached hydrogens (tertiary/aromatic N) is 3. The summed E-state index contributed by atoms with van der Waals surface area (Å²) in [6.07, 6.45) is 0. The van der Waals surface area contributed by atoms with E-state index in [2.05, 4.69) is 15.5 Å². The molecule has 0 aliphatic rings. The zero-order valence-electron chi connectivity index (χ0n) is 21.9. The Morgan fingerprint density at radius 3 is 2.21 bits per heavy atom. The first kappa shape index (κ1) is 28.0. The Kier molecular flexibility index (Phi) is 9.45. The number of hydrogen-bond donors (Lipinski definition) is 1.